The Morgan fingerprint density at radius 1 is 1.44 bits per heavy atom. The Morgan fingerprint density at radius 2 is 2.17 bits per heavy atom. The number of hydrogen-bond donors (Lipinski definition) is 1. The molecule has 18 heavy (non-hydrogen) atoms. The molecule has 1 aromatic rings. The lowest BCUT2D eigenvalue weighted by molar-refractivity contribution is 0.596. The molecule has 0 amide bonds. The van der Waals surface area contributed by atoms with Crippen LogP contribution < -0.4 is 4.72 Å². The molecular formula is C14H18N2OS. The Bertz CT molecular complexity index is 526. The lowest BCUT2D eigenvalue weighted by Crippen LogP contribution is -2.35. The topological polar surface area (TPSA) is 52.9 Å². The third-order valence-corrected chi connectivity index (χ3v) is 4.81. The van der Waals surface area contributed by atoms with Gasteiger partial charge in [-0.05, 0) is 50.8 Å². The smallest absolute Gasteiger partial charge is 0.0994 e. The van der Waals surface area contributed by atoms with Crippen LogP contribution in [0.15, 0.2) is 18.2 Å². The number of rotatable bonds is 2. The first-order valence-corrected chi connectivity index (χ1v) is 7.28. The van der Waals surface area contributed by atoms with Crippen molar-refractivity contribution in [2.24, 2.45) is 0 Å². The van der Waals surface area contributed by atoms with Crippen molar-refractivity contribution in [3.8, 4) is 6.07 Å². The van der Waals surface area contributed by atoms with Crippen LogP contribution in [0.1, 0.15) is 49.9 Å². The van der Waals surface area contributed by atoms with Gasteiger partial charge in [0.25, 0.3) is 0 Å². The molecule has 0 saturated heterocycles. The minimum Gasteiger partial charge on any atom is -0.242 e. The molecule has 2 atom stereocenters. The summed E-state index contributed by atoms with van der Waals surface area (Å²) in [5, 5.41) is 9.07. The lowest BCUT2D eigenvalue weighted by Gasteiger charge is -2.22. The largest absolute Gasteiger partial charge is 0.242 e. The molecule has 4 heteroatoms. The van der Waals surface area contributed by atoms with Gasteiger partial charge in [-0.1, -0.05) is 12.1 Å². The van der Waals surface area contributed by atoms with Gasteiger partial charge in [0.15, 0.2) is 0 Å². The first kappa shape index (κ1) is 13.3. The highest BCUT2D eigenvalue weighted by Crippen LogP contribution is 2.33. The standard InChI is InChI=1S/C14H18N2OS/c1-14(2,3)18(17)16-13-8-7-11-10(9-15)5-4-6-12(11)13/h4-6,13,16H,7-8H2,1-3H3/t13?,18-/m0/s1. The zero-order chi connectivity index (χ0) is 13.3. The summed E-state index contributed by atoms with van der Waals surface area (Å²) < 4.78 is 15.0. The number of nitrogens with one attached hydrogen (secondary N) is 1. The van der Waals surface area contributed by atoms with Crippen LogP contribution in [0.5, 0.6) is 0 Å². The van der Waals surface area contributed by atoms with E-state index in [4.69, 9.17) is 5.26 Å². The number of benzene rings is 1. The molecule has 1 unspecified atom stereocenters. The SMILES string of the molecule is CC(C)(C)[S@](=O)NC1CCc2c(C#N)cccc21. The van der Waals surface area contributed by atoms with Crippen molar-refractivity contribution < 1.29 is 4.21 Å². The van der Waals surface area contributed by atoms with Crippen LogP contribution in [0.4, 0.5) is 0 Å². The van der Waals surface area contributed by atoms with Crippen LogP contribution >= 0.6 is 0 Å². The molecule has 0 spiro atoms. The molecule has 0 heterocycles. The molecule has 1 N–H and O–H groups in total. The zero-order valence-corrected chi connectivity index (χ0v) is 11.8. The third-order valence-electron chi connectivity index (χ3n) is 3.20. The molecule has 0 fully saturated rings. The summed E-state index contributed by atoms with van der Waals surface area (Å²) in [5.74, 6) is 0. The predicted molar refractivity (Wildman–Crippen MR) is 73.3 cm³/mol. The summed E-state index contributed by atoms with van der Waals surface area (Å²) >= 11 is 0. The first-order chi connectivity index (χ1) is 8.43. The average molecular weight is 262 g/mol. The van der Waals surface area contributed by atoms with Gasteiger partial charge in [-0.2, -0.15) is 5.26 Å². The highest BCUT2D eigenvalue weighted by atomic mass is 32.2. The second-order valence-electron chi connectivity index (χ2n) is 5.58. The van der Waals surface area contributed by atoms with Crippen molar-refractivity contribution in [3.63, 3.8) is 0 Å². The monoisotopic (exact) mass is 262 g/mol. The van der Waals surface area contributed by atoms with Crippen LogP contribution in [0.3, 0.4) is 0 Å². The van der Waals surface area contributed by atoms with Crippen LogP contribution in [0.2, 0.25) is 0 Å². The quantitative estimate of drug-likeness (QED) is 0.890. The molecular weight excluding hydrogens is 244 g/mol. The summed E-state index contributed by atoms with van der Waals surface area (Å²) in [4.78, 5) is 0. The van der Waals surface area contributed by atoms with Gasteiger partial charge in [-0.25, -0.2) is 8.93 Å². The maximum absolute atomic E-state index is 12.1. The van der Waals surface area contributed by atoms with Crippen molar-refractivity contribution in [3.05, 3.63) is 34.9 Å². The van der Waals surface area contributed by atoms with Gasteiger partial charge in [-0.15, -0.1) is 0 Å². The van der Waals surface area contributed by atoms with Crippen molar-refractivity contribution >= 4 is 11.0 Å². The van der Waals surface area contributed by atoms with E-state index in [2.05, 4.69) is 10.8 Å². The molecule has 0 bridgehead atoms. The fourth-order valence-electron chi connectivity index (χ4n) is 2.19. The van der Waals surface area contributed by atoms with Crippen molar-refractivity contribution in [2.45, 2.75) is 44.4 Å². The van der Waals surface area contributed by atoms with Gasteiger partial charge in [0.2, 0.25) is 0 Å². The zero-order valence-electron chi connectivity index (χ0n) is 11.0. The molecule has 96 valence electrons. The maximum atomic E-state index is 12.1. The summed E-state index contributed by atoms with van der Waals surface area (Å²) in [6.07, 6.45) is 1.80. The molecule has 0 aromatic heterocycles. The van der Waals surface area contributed by atoms with Crippen molar-refractivity contribution in [1.82, 2.24) is 4.72 Å². The van der Waals surface area contributed by atoms with Gasteiger partial charge >= 0.3 is 0 Å². The predicted octanol–water partition coefficient (Wildman–Crippen LogP) is 2.60. The second-order valence-corrected chi connectivity index (χ2v) is 7.57. The van der Waals surface area contributed by atoms with Gasteiger partial charge < -0.3 is 0 Å². The van der Waals surface area contributed by atoms with Crippen LogP contribution in [-0.4, -0.2) is 8.96 Å². The number of hydrogen-bond acceptors (Lipinski definition) is 2. The fourth-order valence-corrected chi connectivity index (χ4v) is 3.04. The van der Waals surface area contributed by atoms with E-state index < -0.39 is 11.0 Å². The van der Waals surface area contributed by atoms with E-state index in [1.807, 2.05) is 39.0 Å². The Hall–Kier alpha value is -1.18. The molecule has 1 aliphatic rings. The van der Waals surface area contributed by atoms with E-state index in [9.17, 15) is 4.21 Å². The second kappa shape index (κ2) is 4.83. The van der Waals surface area contributed by atoms with Crippen molar-refractivity contribution in [2.75, 3.05) is 0 Å². The molecule has 2 rings (SSSR count). The fraction of sp³-hybridized carbons (Fsp3) is 0.500. The summed E-state index contributed by atoms with van der Waals surface area (Å²) in [5.41, 5.74) is 2.99. The molecule has 1 aliphatic carbocycles. The molecule has 1 aromatic carbocycles. The summed E-state index contributed by atoms with van der Waals surface area (Å²) in [7, 11) is -1.08. The molecule has 0 saturated carbocycles. The molecule has 3 nitrogen and oxygen atoms in total. The average Bonchev–Trinajstić information content (AvgIpc) is 2.71. The van der Waals surface area contributed by atoms with Crippen LogP contribution in [-0.2, 0) is 17.4 Å². The van der Waals surface area contributed by atoms with Gasteiger partial charge in [0, 0.05) is 6.04 Å². The van der Waals surface area contributed by atoms with E-state index in [1.54, 1.807) is 0 Å². The highest BCUT2D eigenvalue weighted by Gasteiger charge is 2.29. The summed E-state index contributed by atoms with van der Waals surface area (Å²) in [6, 6.07) is 8.11. The van der Waals surface area contributed by atoms with E-state index in [0.29, 0.717) is 0 Å². The highest BCUT2D eigenvalue weighted by molar-refractivity contribution is 7.84. The minimum atomic E-state index is -1.08. The maximum Gasteiger partial charge on any atom is 0.0994 e. The van der Waals surface area contributed by atoms with E-state index in [-0.39, 0.29) is 10.8 Å². The van der Waals surface area contributed by atoms with E-state index in [1.165, 1.54) is 0 Å². The number of nitriles is 1. The van der Waals surface area contributed by atoms with Gasteiger partial charge in [-0.3, -0.25) is 0 Å². The third kappa shape index (κ3) is 2.47. The molecule has 0 aliphatic heterocycles. The molecule has 0 radical (unpaired) electrons. The van der Waals surface area contributed by atoms with Gasteiger partial charge in [0.1, 0.15) is 0 Å². The Morgan fingerprint density at radius 3 is 2.78 bits per heavy atom. The Kier molecular flexibility index (Phi) is 3.56. The Labute approximate surface area is 111 Å². The number of nitrogens with zero attached hydrogens (tertiary/aromatic N) is 1. The first-order valence-electron chi connectivity index (χ1n) is 6.13. The van der Waals surface area contributed by atoms with Crippen molar-refractivity contribution in [1.29, 1.82) is 5.26 Å². The van der Waals surface area contributed by atoms with Crippen LogP contribution in [0, 0.1) is 11.3 Å². The summed E-state index contributed by atoms with van der Waals surface area (Å²) in [6.45, 7) is 5.87. The Balaban J connectivity index is 2.23. The number of fused-ring (bicyclic) bond motifs is 1. The normalized spacial score (nSPS) is 20.2. The van der Waals surface area contributed by atoms with Gasteiger partial charge in [0.05, 0.1) is 27.4 Å². The lowest BCUT2D eigenvalue weighted by atomic mass is 10.0. The van der Waals surface area contributed by atoms with Crippen LogP contribution in [0.25, 0.3) is 0 Å². The van der Waals surface area contributed by atoms with E-state index >= 15 is 0 Å². The minimum absolute atomic E-state index is 0.105. The van der Waals surface area contributed by atoms with E-state index in [0.717, 1.165) is 29.5 Å².